The minimum Gasteiger partial charge on any atom is -0.303 e. The van der Waals surface area contributed by atoms with Crippen LogP contribution in [0.4, 0.5) is 0 Å². The SMILES string of the molecule is O=CCCCC1CC(=O)SCCSCCSC(=O)CC(CCCC=O)SCCSCCS1. The van der Waals surface area contributed by atoms with Gasteiger partial charge in [-0.05, 0) is 25.7 Å². The molecular formula is C22H36O4S6. The van der Waals surface area contributed by atoms with Gasteiger partial charge in [0.1, 0.15) is 12.6 Å². The Kier molecular flexibility index (Phi) is 21.4. The van der Waals surface area contributed by atoms with Crippen molar-refractivity contribution in [2.45, 2.75) is 61.9 Å². The van der Waals surface area contributed by atoms with Crippen LogP contribution < -0.4 is 0 Å². The second-order valence-corrected chi connectivity index (χ2v) is 14.8. The normalized spacial score (nSPS) is 24.0. The van der Waals surface area contributed by atoms with Crippen LogP contribution in [-0.4, -0.2) is 79.3 Å². The molecule has 32 heavy (non-hydrogen) atoms. The molecule has 1 rings (SSSR count). The van der Waals surface area contributed by atoms with E-state index in [9.17, 15) is 19.2 Å². The van der Waals surface area contributed by atoms with E-state index >= 15 is 0 Å². The lowest BCUT2D eigenvalue weighted by atomic mass is 10.1. The summed E-state index contributed by atoms with van der Waals surface area (Å²) in [5.74, 6) is 7.64. The molecule has 1 aliphatic heterocycles. The quantitative estimate of drug-likeness (QED) is 0.274. The first-order valence-electron chi connectivity index (χ1n) is 11.2. The Morgan fingerprint density at radius 1 is 0.625 bits per heavy atom. The molecule has 2 atom stereocenters. The predicted molar refractivity (Wildman–Crippen MR) is 151 cm³/mol. The van der Waals surface area contributed by atoms with E-state index in [0.717, 1.165) is 84.3 Å². The Morgan fingerprint density at radius 2 is 1.03 bits per heavy atom. The summed E-state index contributed by atoms with van der Waals surface area (Å²) in [6.07, 6.45) is 7.86. The zero-order chi connectivity index (χ0) is 23.3. The van der Waals surface area contributed by atoms with Crippen LogP contribution in [-0.2, 0) is 19.2 Å². The highest BCUT2D eigenvalue weighted by Crippen LogP contribution is 2.27. The smallest absolute Gasteiger partial charge is 0.190 e. The first kappa shape index (κ1) is 30.8. The summed E-state index contributed by atoms with van der Waals surface area (Å²) in [6.45, 7) is 0. The van der Waals surface area contributed by atoms with Gasteiger partial charge >= 0.3 is 0 Å². The Hall–Kier alpha value is 0.780. The van der Waals surface area contributed by atoms with Crippen molar-refractivity contribution in [3.05, 3.63) is 0 Å². The van der Waals surface area contributed by atoms with E-state index in [1.54, 1.807) is 11.8 Å². The van der Waals surface area contributed by atoms with E-state index in [-0.39, 0.29) is 10.2 Å². The average molecular weight is 557 g/mol. The molecule has 0 spiro atoms. The summed E-state index contributed by atoms with van der Waals surface area (Å²) in [5.41, 5.74) is 0. The number of carbonyl (C=O) groups excluding carboxylic acids is 4. The predicted octanol–water partition coefficient (Wildman–Crippen LogP) is 5.71. The molecule has 10 heteroatoms. The molecule has 1 saturated heterocycles. The molecular weight excluding hydrogens is 521 g/mol. The maximum Gasteiger partial charge on any atom is 0.190 e. The second kappa shape index (κ2) is 22.3. The number of thioether (sulfide) groups is 6. The topological polar surface area (TPSA) is 68.3 Å². The Bertz CT molecular complexity index is 491. The lowest BCUT2D eigenvalue weighted by Crippen LogP contribution is -2.12. The van der Waals surface area contributed by atoms with Gasteiger partial charge in [0.05, 0.1) is 0 Å². The third kappa shape index (κ3) is 18.2. The van der Waals surface area contributed by atoms with Gasteiger partial charge in [-0.1, -0.05) is 23.5 Å². The molecule has 0 amide bonds. The molecule has 4 nitrogen and oxygen atoms in total. The number of unbranched alkanes of at least 4 members (excludes halogenated alkanes) is 2. The van der Waals surface area contributed by atoms with Crippen molar-refractivity contribution in [2.24, 2.45) is 0 Å². The lowest BCUT2D eigenvalue weighted by Gasteiger charge is -2.16. The Labute approximate surface area is 219 Å². The first-order valence-corrected chi connectivity index (χ1v) is 17.6. The zero-order valence-electron chi connectivity index (χ0n) is 18.7. The van der Waals surface area contributed by atoms with Gasteiger partial charge in [-0.2, -0.15) is 47.0 Å². The van der Waals surface area contributed by atoms with Crippen molar-refractivity contribution in [3.8, 4) is 0 Å². The Balaban J connectivity index is 2.52. The fraction of sp³-hybridized carbons (Fsp3) is 0.818. The summed E-state index contributed by atoms with van der Waals surface area (Å²) in [4.78, 5) is 46.0. The molecule has 0 radical (unpaired) electrons. The molecule has 1 aliphatic rings. The van der Waals surface area contributed by atoms with Crippen molar-refractivity contribution in [1.82, 2.24) is 0 Å². The summed E-state index contributed by atoms with van der Waals surface area (Å²) < 4.78 is 0. The van der Waals surface area contributed by atoms with Crippen molar-refractivity contribution >= 4 is 93.4 Å². The van der Waals surface area contributed by atoms with Crippen LogP contribution in [0.3, 0.4) is 0 Å². The molecule has 0 aliphatic carbocycles. The van der Waals surface area contributed by atoms with E-state index < -0.39 is 0 Å². The zero-order valence-corrected chi connectivity index (χ0v) is 23.6. The van der Waals surface area contributed by atoms with Crippen LogP contribution in [0.25, 0.3) is 0 Å². The fourth-order valence-electron chi connectivity index (χ4n) is 3.02. The third-order valence-corrected chi connectivity index (χ3v) is 12.1. The molecule has 0 N–H and O–H groups in total. The van der Waals surface area contributed by atoms with Crippen LogP contribution in [0.1, 0.15) is 51.4 Å². The van der Waals surface area contributed by atoms with E-state index in [1.165, 1.54) is 23.5 Å². The molecule has 0 saturated carbocycles. The largest absolute Gasteiger partial charge is 0.303 e. The molecule has 2 unspecified atom stereocenters. The van der Waals surface area contributed by atoms with Gasteiger partial charge in [0.15, 0.2) is 10.2 Å². The summed E-state index contributed by atoms with van der Waals surface area (Å²) >= 11 is 10.3. The maximum atomic E-state index is 12.4. The van der Waals surface area contributed by atoms with Gasteiger partial charge in [0.25, 0.3) is 0 Å². The highest BCUT2D eigenvalue weighted by molar-refractivity contribution is 8.15. The van der Waals surface area contributed by atoms with Gasteiger partial charge in [-0.15, -0.1) is 0 Å². The van der Waals surface area contributed by atoms with Gasteiger partial charge < -0.3 is 9.59 Å². The monoisotopic (exact) mass is 556 g/mol. The minimum absolute atomic E-state index is 0.262. The van der Waals surface area contributed by atoms with E-state index in [4.69, 9.17) is 0 Å². The van der Waals surface area contributed by atoms with Crippen LogP contribution in [0.5, 0.6) is 0 Å². The molecule has 184 valence electrons. The Morgan fingerprint density at radius 3 is 1.44 bits per heavy atom. The van der Waals surface area contributed by atoms with Crippen molar-refractivity contribution < 1.29 is 19.2 Å². The summed E-state index contributed by atoms with van der Waals surface area (Å²) in [6, 6.07) is 0. The van der Waals surface area contributed by atoms with Crippen molar-refractivity contribution in [2.75, 3.05) is 46.0 Å². The number of aldehydes is 2. The highest BCUT2D eigenvalue weighted by Gasteiger charge is 2.17. The standard InChI is InChI=1S/C22H36O4S6/c23-7-3-1-5-19-17-21(25)31-15-11-28-12-16-32-22(26)18-20(6-2-4-8-24)30-14-10-27-9-13-29-19/h7-8,19-20H,1-6,9-18H2. The summed E-state index contributed by atoms with van der Waals surface area (Å²) in [5, 5.41) is 1.15. The molecule has 0 aromatic heterocycles. The van der Waals surface area contributed by atoms with Crippen LogP contribution in [0.2, 0.25) is 0 Å². The van der Waals surface area contributed by atoms with E-state index in [1.807, 2.05) is 35.3 Å². The summed E-state index contributed by atoms with van der Waals surface area (Å²) in [7, 11) is 0. The highest BCUT2D eigenvalue weighted by atomic mass is 32.2. The van der Waals surface area contributed by atoms with E-state index in [0.29, 0.717) is 36.2 Å². The average Bonchev–Trinajstić information content (AvgIpc) is 2.77. The number of hydrogen-bond donors (Lipinski definition) is 0. The molecule has 0 aromatic rings. The van der Waals surface area contributed by atoms with Gasteiger partial charge in [0, 0.05) is 82.2 Å². The van der Waals surface area contributed by atoms with Crippen LogP contribution >= 0.6 is 70.6 Å². The first-order chi connectivity index (χ1) is 15.7. The molecule has 1 fully saturated rings. The van der Waals surface area contributed by atoms with Crippen molar-refractivity contribution in [3.63, 3.8) is 0 Å². The van der Waals surface area contributed by atoms with Crippen LogP contribution in [0.15, 0.2) is 0 Å². The second-order valence-electron chi connectivity index (χ2n) is 7.25. The third-order valence-electron chi connectivity index (χ3n) is 4.63. The van der Waals surface area contributed by atoms with Gasteiger partial charge in [-0.25, -0.2) is 0 Å². The fourth-order valence-corrected chi connectivity index (χ4v) is 9.92. The molecule has 0 aromatic carbocycles. The minimum atomic E-state index is 0.262. The van der Waals surface area contributed by atoms with Crippen LogP contribution in [0, 0.1) is 0 Å². The number of hydrogen-bond acceptors (Lipinski definition) is 10. The molecule has 0 bridgehead atoms. The number of carbonyl (C=O) groups is 4. The molecule has 1 heterocycles. The van der Waals surface area contributed by atoms with Gasteiger partial charge in [-0.3, -0.25) is 9.59 Å². The van der Waals surface area contributed by atoms with Gasteiger partial charge in [0.2, 0.25) is 0 Å². The van der Waals surface area contributed by atoms with E-state index in [2.05, 4.69) is 0 Å². The number of rotatable bonds is 8. The maximum absolute atomic E-state index is 12.4. The lowest BCUT2D eigenvalue weighted by molar-refractivity contribution is -0.111. The van der Waals surface area contributed by atoms with Crippen molar-refractivity contribution in [1.29, 1.82) is 0 Å².